The summed E-state index contributed by atoms with van der Waals surface area (Å²) in [7, 11) is 0. The molecule has 2 rings (SSSR count). The Labute approximate surface area is 108 Å². The van der Waals surface area contributed by atoms with E-state index in [4.69, 9.17) is 0 Å². The van der Waals surface area contributed by atoms with Gasteiger partial charge in [-0.2, -0.15) is 0 Å². The van der Waals surface area contributed by atoms with E-state index in [-0.39, 0.29) is 10.7 Å². The minimum Gasteiger partial charge on any atom is -0.287 e. The Morgan fingerprint density at radius 2 is 2.38 bits per heavy atom. The number of hydrogen-bond acceptors (Lipinski definition) is 3. The summed E-state index contributed by atoms with van der Waals surface area (Å²) >= 11 is 4.98. The Balaban J connectivity index is 2.19. The van der Waals surface area contributed by atoms with Gasteiger partial charge in [-0.15, -0.1) is 11.3 Å². The summed E-state index contributed by atoms with van der Waals surface area (Å²) < 4.78 is 0. The summed E-state index contributed by atoms with van der Waals surface area (Å²) in [5.74, 6) is 0.570. The number of hydrogen-bond donors (Lipinski definition) is 0. The minimum absolute atomic E-state index is 0.0346. The molecule has 1 aliphatic rings. The van der Waals surface area contributed by atoms with Crippen molar-refractivity contribution in [2.75, 3.05) is 11.4 Å². The largest absolute Gasteiger partial charge is 0.287 e. The molecule has 16 heavy (non-hydrogen) atoms. The first-order chi connectivity index (χ1) is 7.59. The van der Waals surface area contributed by atoms with Gasteiger partial charge in [0.1, 0.15) is 0 Å². The molecule has 1 fully saturated rings. The third-order valence-corrected chi connectivity index (χ3v) is 4.44. The average molecular weight is 303 g/mol. The molecule has 5 heteroatoms. The lowest BCUT2D eigenvalue weighted by molar-refractivity contribution is -0.118. The van der Waals surface area contributed by atoms with Crippen LogP contribution in [0, 0.1) is 0 Å². The highest BCUT2D eigenvalue weighted by Crippen LogP contribution is 2.29. The number of alkyl halides is 1. The van der Waals surface area contributed by atoms with Gasteiger partial charge in [-0.25, -0.2) is 4.98 Å². The van der Waals surface area contributed by atoms with Gasteiger partial charge in [0.25, 0.3) is 0 Å². The molecule has 0 bridgehead atoms. The molecule has 1 aromatic heterocycles. The van der Waals surface area contributed by atoms with Crippen molar-refractivity contribution in [2.45, 2.75) is 37.4 Å². The van der Waals surface area contributed by atoms with Crippen LogP contribution in [0.4, 0.5) is 5.13 Å². The maximum Gasteiger partial charge on any atom is 0.242 e. The molecule has 0 spiro atoms. The summed E-state index contributed by atoms with van der Waals surface area (Å²) in [6.45, 7) is 5.03. The van der Waals surface area contributed by atoms with Crippen molar-refractivity contribution in [3.63, 3.8) is 0 Å². The SMILES string of the molecule is CC(C)c1csc(N2CCCC(Br)C2=O)n1. The van der Waals surface area contributed by atoms with Crippen LogP contribution in [-0.2, 0) is 4.79 Å². The first-order valence-electron chi connectivity index (χ1n) is 5.50. The number of carbonyl (C=O) groups is 1. The lowest BCUT2D eigenvalue weighted by Gasteiger charge is -2.27. The summed E-state index contributed by atoms with van der Waals surface area (Å²) in [6.07, 6.45) is 1.97. The van der Waals surface area contributed by atoms with Gasteiger partial charge < -0.3 is 0 Å². The third-order valence-electron chi connectivity index (χ3n) is 2.71. The highest BCUT2D eigenvalue weighted by Gasteiger charge is 2.29. The second-order valence-electron chi connectivity index (χ2n) is 4.31. The Kier molecular flexibility index (Phi) is 3.64. The molecule has 0 N–H and O–H groups in total. The number of amides is 1. The molecule has 1 atom stereocenters. The zero-order valence-electron chi connectivity index (χ0n) is 9.44. The Morgan fingerprint density at radius 1 is 1.62 bits per heavy atom. The van der Waals surface area contributed by atoms with E-state index in [9.17, 15) is 4.79 Å². The van der Waals surface area contributed by atoms with Gasteiger partial charge in [0, 0.05) is 11.9 Å². The number of anilines is 1. The number of halogens is 1. The first-order valence-corrected chi connectivity index (χ1v) is 7.30. The molecule has 1 aromatic rings. The van der Waals surface area contributed by atoms with Crippen molar-refractivity contribution >= 4 is 38.3 Å². The molecule has 3 nitrogen and oxygen atoms in total. The number of thiazole rings is 1. The van der Waals surface area contributed by atoms with Gasteiger partial charge in [0.15, 0.2) is 5.13 Å². The van der Waals surface area contributed by atoms with E-state index in [1.54, 1.807) is 16.2 Å². The summed E-state index contributed by atoms with van der Waals surface area (Å²) in [5.41, 5.74) is 1.07. The van der Waals surface area contributed by atoms with Gasteiger partial charge in [-0.1, -0.05) is 29.8 Å². The van der Waals surface area contributed by atoms with Gasteiger partial charge in [-0.05, 0) is 18.8 Å². The molecule has 88 valence electrons. The second kappa shape index (κ2) is 4.84. The fraction of sp³-hybridized carbons (Fsp3) is 0.636. The maximum absolute atomic E-state index is 12.0. The normalized spacial score (nSPS) is 21.9. The first kappa shape index (κ1) is 12.0. The lowest BCUT2D eigenvalue weighted by atomic mass is 10.1. The van der Waals surface area contributed by atoms with Crippen molar-refractivity contribution in [1.82, 2.24) is 4.98 Å². The highest BCUT2D eigenvalue weighted by atomic mass is 79.9. The predicted octanol–water partition coefficient (Wildman–Crippen LogP) is 3.16. The molecule has 0 aliphatic carbocycles. The molecule has 1 unspecified atom stereocenters. The van der Waals surface area contributed by atoms with Crippen LogP contribution in [0.25, 0.3) is 0 Å². The topological polar surface area (TPSA) is 33.2 Å². The molecule has 0 radical (unpaired) electrons. The number of aromatic nitrogens is 1. The fourth-order valence-electron chi connectivity index (χ4n) is 1.69. The van der Waals surface area contributed by atoms with Crippen molar-refractivity contribution in [2.24, 2.45) is 0 Å². The standard InChI is InChI=1S/C11H15BrN2OS/c1-7(2)9-6-16-11(13-9)14-5-3-4-8(12)10(14)15/h6-8H,3-5H2,1-2H3. The van der Waals surface area contributed by atoms with E-state index in [1.807, 2.05) is 5.38 Å². The van der Waals surface area contributed by atoms with Crippen molar-refractivity contribution in [3.05, 3.63) is 11.1 Å². The monoisotopic (exact) mass is 302 g/mol. The van der Waals surface area contributed by atoms with Crippen LogP contribution < -0.4 is 4.90 Å². The summed E-state index contributed by atoms with van der Waals surface area (Å²) in [5, 5.41) is 2.89. The summed E-state index contributed by atoms with van der Waals surface area (Å²) in [6, 6.07) is 0. The zero-order valence-corrected chi connectivity index (χ0v) is 11.8. The molecule has 1 saturated heterocycles. The number of carbonyl (C=O) groups excluding carboxylic acids is 1. The molecule has 1 amide bonds. The second-order valence-corrected chi connectivity index (χ2v) is 6.25. The highest BCUT2D eigenvalue weighted by molar-refractivity contribution is 9.10. The molecule has 1 aliphatic heterocycles. The molecular weight excluding hydrogens is 288 g/mol. The zero-order chi connectivity index (χ0) is 11.7. The van der Waals surface area contributed by atoms with Crippen molar-refractivity contribution in [1.29, 1.82) is 0 Å². The molecular formula is C11H15BrN2OS. The van der Waals surface area contributed by atoms with Crippen LogP contribution in [0.2, 0.25) is 0 Å². The average Bonchev–Trinajstić information content (AvgIpc) is 2.71. The number of piperidine rings is 1. The fourth-order valence-corrected chi connectivity index (χ4v) is 3.28. The lowest BCUT2D eigenvalue weighted by Crippen LogP contribution is -2.41. The van der Waals surface area contributed by atoms with Crippen LogP contribution in [0.5, 0.6) is 0 Å². The van der Waals surface area contributed by atoms with Crippen molar-refractivity contribution in [3.8, 4) is 0 Å². The van der Waals surface area contributed by atoms with E-state index in [2.05, 4.69) is 34.8 Å². The molecule has 0 saturated carbocycles. The smallest absolute Gasteiger partial charge is 0.242 e. The third kappa shape index (κ3) is 2.30. The van der Waals surface area contributed by atoms with Crippen LogP contribution in [0.1, 0.15) is 38.3 Å². The van der Waals surface area contributed by atoms with Crippen LogP contribution >= 0.6 is 27.3 Å². The Hall–Kier alpha value is -0.420. The Bertz CT molecular complexity index is 391. The van der Waals surface area contributed by atoms with E-state index in [0.717, 1.165) is 30.2 Å². The van der Waals surface area contributed by atoms with E-state index in [1.165, 1.54) is 0 Å². The maximum atomic E-state index is 12.0. The predicted molar refractivity (Wildman–Crippen MR) is 70.5 cm³/mol. The van der Waals surface area contributed by atoms with Crippen LogP contribution in [0.3, 0.4) is 0 Å². The molecule has 2 heterocycles. The summed E-state index contributed by atoms with van der Waals surface area (Å²) in [4.78, 5) is 18.2. The molecule has 0 aromatic carbocycles. The minimum atomic E-state index is -0.0346. The van der Waals surface area contributed by atoms with E-state index in [0.29, 0.717) is 5.92 Å². The van der Waals surface area contributed by atoms with Gasteiger partial charge >= 0.3 is 0 Å². The van der Waals surface area contributed by atoms with E-state index < -0.39 is 0 Å². The Morgan fingerprint density at radius 3 is 3.00 bits per heavy atom. The van der Waals surface area contributed by atoms with E-state index >= 15 is 0 Å². The van der Waals surface area contributed by atoms with Gasteiger partial charge in [0.05, 0.1) is 10.5 Å². The number of rotatable bonds is 2. The van der Waals surface area contributed by atoms with Gasteiger partial charge in [-0.3, -0.25) is 9.69 Å². The van der Waals surface area contributed by atoms with Gasteiger partial charge in [0.2, 0.25) is 5.91 Å². The number of nitrogens with zero attached hydrogens (tertiary/aromatic N) is 2. The quantitative estimate of drug-likeness (QED) is 0.786. The van der Waals surface area contributed by atoms with Crippen LogP contribution in [-0.4, -0.2) is 22.3 Å². The van der Waals surface area contributed by atoms with Crippen molar-refractivity contribution < 1.29 is 4.79 Å². The van der Waals surface area contributed by atoms with Crippen LogP contribution in [0.15, 0.2) is 5.38 Å².